The Balaban J connectivity index is 1.40. The number of thiazole rings is 1. The first-order valence-electron chi connectivity index (χ1n) is 12.4. The van der Waals surface area contributed by atoms with E-state index >= 15 is 0 Å². The Morgan fingerprint density at radius 3 is 2.72 bits per heavy atom. The van der Waals surface area contributed by atoms with Crippen molar-refractivity contribution in [2.24, 2.45) is 5.92 Å². The zero-order valence-corrected chi connectivity index (χ0v) is 22.3. The van der Waals surface area contributed by atoms with Crippen LogP contribution in [0.2, 0.25) is 0 Å². The molecule has 2 unspecified atom stereocenters. The Kier molecular flexibility index (Phi) is 8.81. The maximum atomic E-state index is 13.4. The van der Waals surface area contributed by atoms with Gasteiger partial charge in [0.25, 0.3) is 0 Å². The van der Waals surface area contributed by atoms with E-state index in [1.165, 1.54) is 16.2 Å². The fourth-order valence-electron chi connectivity index (χ4n) is 4.30. The van der Waals surface area contributed by atoms with E-state index in [1.54, 1.807) is 17.5 Å². The lowest BCUT2D eigenvalue weighted by atomic mass is 9.98. The molecule has 4 amide bonds. The summed E-state index contributed by atoms with van der Waals surface area (Å²) in [7, 11) is 0. The second-order valence-electron chi connectivity index (χ2n) is 9.16. The molecule has 3 aromatic rings. The molecule has 14 nitrogen and oxygen atoms in total. The van der Waals surface area contributed by atoms with Crippen molar-refractivity contribution >= 4 is 45.8 Å². The number of para-hydroxylation sites is 1. The summed E-state index contributed by atoms with van der Waals surface area (Å²) in [5.74, 6) is -1.60. The van der Waals surface area contributed by atoms with E-state index in [-0.39, 0.29) is 37.2 Å². The number of fused-ring (bicyclic) bond motifs is 1. The minimum Gasteiger partial charge on any atom is -0.375 e. The number of amides is 4. The standard InChI is InChI=1S/C24H30N10O4S/c1-3-13(2)21(29-19(35)9-15-12-39-24(25)28-15)23(38)27-11-20(36)34-16-7-5-4-6-14(16)8-17(34)22(37)26-10-18-30-32-33-31-18/h4-7,12-13,17,21H,3,8-11H2,1-2H3,(H2,25,28)(H,26,37)(H,27,38)(H,29,35)(H,30,31,32,33)/t13?,17-,21?/m0/s1. The van der Waals surface area contributed by atoms with E-state index in [4.69, 9.17) is 5.73 Å². The van der Waals surface area contributed by atoms with E-state index < -0.39 is 23.9 Å². The van der Waals surface area contributed by atoms with Crippen LogP contribution in [-0.4, -0.2) is 67.9 Å². The highest BCUT2D eigenvalue weighted by atomic mass is 32.1. The van der Waals surface area contributed by atoms with Gasteiger partial charge < -0.3 is 21.7 Å². The third-order valence-electron chi connectivity index (χ3n) is 6.49. The third kappa shape index (κ3) is 6.73. The smallest absolute Gasteiger partial charge is 0.247 e. The summed E-state index contributed by atoms with van der Waals surface area (Å²) in [6.45, 7) is 3.44. The lowest BCUT2D eigenvalue weighted by Gasteiger charge is -2.26. The van der Waals surface area contributed by atoms with E-state index in [1.807, 2.05) is 26.0 Å². The van der Waals surface area contributed by atoms with E-state index in [0.717, 1.165) is 5.56 Å². The van der Waals surface area contributed by atoms with Gasteiger partial charge in [-0.2, -0.15) is 5.21 Å². The van der Waals surface area contributed by atoms with Crippen LogP contribution in [0.25, 0.3) is 0 Å². The highest BCUT2D eigenvalue weighted by Crippen LogP contribution is 2.32. The SMILES string of the molecule is CCC(C)C(NC(=O)Cc1csc(N)n1)C(=O)NCC(=O)N1c2ccccc2C[C@H]1C(=O)NCc1nn[nH]n1. The van der Waals surface area contributed by atoms with Crippen LogP contribution in [0.4, 0.5) is 10.8 Å². The van der Waals surface area contributed by atoms with Gasteiger partial charge in [0, 0.05) is 17.5 Å². The highest BCUT2D eigenvalue weighted by Gasteiger charge is 2.38. The molecule has 0 saturated heterocycles. The average molecular weight is 555 g/mol. The summed E-state index contributed by atoms with van der Waals surface area (Å²) in [5.41, 5.74) is 7.59. The van der Waals surface area contributed by atoms with Crippen LogP contribution in [0.3, 0.4) is 0 Å². The summed E-state index contributed by atoms with van der Waals surface area (Å²) in [6, 6.07) is 5.56. The predicted molar refractivity (Wildman–Crippen MR) is 142 cm³/mol. The zero-order valence-electron chi connectivity index (χ0n) is 21.5. The van der Waals surface area contributed by atoms with E-state index in [9.17, 15) is 19.2 Å². The molecule has 0 fully saturated rings. The van der Waals surface area contributed by atoms with Crippen LogP contribution in [0.1, 0.15) is 37.4 Å². The van der Waals surface area contributed by atoms with Crippen molar-refractivity contribution < 1.29 is 19.2 Å². The molecule has 206 valence electrons. The molecule has 0 aliphatic carbocycles. The number of nitrogens with one attached hydrogen (secondary N) is 4. The quantitative estimate of drug-likeness (QED) is 0.211. The second-order valence-corrected chi connectivity index (χ2v) is 10.1. The fourth-order valence-corrected chi connectivity index (χ4v) is 4.86. The van der Waals surface area contributed by atoms with Crippen molar-refractivity contribution in [2.75, 3.05) is 17.2 Å². The van der Waals surface area contributed by atoms with Crippen molar-refractivity contribution in [3.05, 3.63) is 46.7 Å². The number of rotatable bonds is 11. The molecule has 0 bridgehead atoms. The molecule has 1 aliphatic rings. The summed E-state index contributed by atoms with van der Waals surface area (Å²) in [6.07, 6.45) is 0.927. The fraction of sp³-hybridized carbons (Fsp3) is 0.417. The Bertz CT molecular complexity index is 1330. The first kappa shape index (κ1) is 27.6. The number of H-pyrrole nitrogens is 1. The molecule has 4 rings (SSSR count). The zero-order chi connectivity index (χ0) is 27.9. The van der Waals surface area contributed by atoms with Crippen LogP contribution in [0, 0.1) is 5.92 Å². The molecule has 3 heterocycles. The molecule has 0 spiro atoms. The summed E-state index contributed by atoms with van der Waals surface area (Å²) >= 11 is 1.23. The largest absolute Gasteiger partial charge is 0.375 e. The molecule has 15 heteroatoms. The van der Waals surface area contributed by atoms with Gasteiger partial charge in [0.15, 0.2) is 11.0 Å². The van der Waals surface area contributed by atoms with Crippen molar-refractivity contribution in [3.8, 4) is 0 Å². The number of anilines is 2. The molecule has 0 saturated carbocycles. The molecule has 39 heavy (non-hydrogen) atoms. The first-order valence-corrected chi connectivity index (χ1v) is 13.3. The predicted octanol–water partition coefficient (Wildman–Crippen LogP) is -0.298. The Morgan fingerprint density at radius 2 is 2.03 bits per heavy atom. The number of tetrazole rings is 1. The molecule has 0 radical (unpaired) electrons. The Hall–Kier alpha value is -4.40. The Morgan fingerprint density at radius 1 is 1.23 bits per heavy atom. The number of aromatic nitrogens is 5. The first-order chi connectivity index (χ1) is 18.8. The van der Waals surface area contributed by atoms with Crippen molar-refractivity contribution in [1.82, 2.24) is 41.6 Å². The summed E-state index contributed by atoms with van der Waals surface area (Å²) in [4.78, 5) is 57.6. The number of carbonyl (C=O) groups excluding carboxylic acids is 4. The van der Waals surface area contributed by atoms with Gasteiger partial charge >= 0.3 is 0 Å². The number of carbonyl (C=O) groups is 4. The average Bonchev–Trinajstić information content (AvgIpc) is 3.68. The number of nitrogen functional groups attached to an aromatic ring is 1. The maximum Gasteiger partial charge on any atom is 0.247 e. The number of nitrogens with two attached hydrogens (primary N) is 1. The molecular formula is C24H30N10O4S. The lowest BCUT2D eigenvalue weighted by molar-refractivity contribution is -0.131. The monoisotopic (exact) mass is 554 g/mol. The molecular weight excluding hydrogens is 524 g/mol. The topological polar surface area (TPSA) is 201 Å². The van der Waals surface area contributed by atoms with Crippen molar-refractivity contribution in [1.29, 1.82) is 0 Å². The molecule has 1 aliphatic heterocycles. The molecule has 1 aromatic carbocycles. The van der Waals surface area contributed by atoms with Gasteiger partial charge in [0.2, 0.25) is 23.6 Å². The molecule has 6 N–H and O–H groups in total. The van der Waals surface area contributed by atoms with Crippen LogP contribution < -0.4 is 26.6 Å². The minimum absolute atomic E-state index is 0.0158. The lowest BCUT2D eigenvalue weighted by Crippen LogP contribution is -2.54. The van der Waals surface area contributed by atoms with Crippen LogP contribution in [0.15, 0.2) is 29.6 Å². The highest BCUT2D eigenvalue weighted by molar-refractivity contribution is 7.13. The van der Waals surface area contributed by atoms with E-state index in [2.05, 4.69) is 41.6 Å². The summed E-state index contributed by atoms with van der Waals surface area (Å²) in [5, 5.41) is 23.6. The number of benzene rings is 1. The maximum absolute atomic E-state index is 13.4. The number of nitrogens with zero attached hydrogens (tertiary/aromatic N) is 5. The number of hydrogen-bond donors (Lipinski definition) is 5. The van der Waals surface area contributed by atoms with Gasteiger partial charge in [0.05, 0.1) is 25.2 Å². The van der Waals surface area contributed by atoms with Gasteiger partial charge in [-0.15, -0.1) is 21.5 Å². The normalized spacial score (nSPS) is 15.7. The van der Waals surface area contributed by atoms with Crippen molar-refractivity contribution in [2.45, 2.75) is 51.7 Å². The van der Waals surface area contributed by atoms with Gasteiger partial charge in [-0.1, -0.05) is 43.7 Å². The minimum atomic E-state index is -0.855. The van der Waals surface area contributed by atoms with Gasteiger partial charge in [-0.05, 0) is 17.5 Å². The van der Waals surface area contributed by atoms with Crippen LogP contribution in [0.5, 0.6) is 0 Å². The van der Waals surface area contributed by atoms with Gasteiger partial charge in [-0.3, -0.25) is 24.1 Å². The van der Waals surface area contributed by atoms with Gasteiger partial charge in [0.1, 0.15) is 12.1 Å². The molecule has 2 aromatic heterocycles. The van der Waals surface area contributed by atoms with Gasteiger partial charge in [-0.25, -0.2) is 4.98 Å². The van der Waals surface area contributed by atoms with Crippen molar-refractivity contribution in [3.63, 3.8) is 0 Å². The number of hydrogen-bond acceptors (Lipinski definition) is 10. The second kappa shape index (κ2) is 12.4. The van der Waals surface area contributed by atoms with Crippen LogP contribution >= 0.6 is 11.3 Å². The third-order valence-corrected chi connectivity index (χ3v) is 7.22. The Labute approximate surface area is 228 Å². The summed E-state index contributed by atoms with van der Waals surface area (Å²) < 4.78 is 0. The van der Waals surface area contributed by atoms with E-state index in [0.29, 0.717) is 35.2 Å². The molecule has 3 atom stereocenters. The van der Waals surface area contributed by atoms with Crippen LogP contribution in [-0.2, 0) is 38.6 Å². The number of aromatic amines is 1.